The first kappa shape index (κ1) is 17.6. The number of benzene rings is 2. The fourth-order valence-electron chi connectivity index (χ4n) is 2.79. The number of β-amino-alcohol motifs (C(OH)–C–C–N with tert-alkyl or cyclic N) is 1. The Balaban J connectivity index is 1.49. The van der Waals surface area contributed by atoms with Crippen LogP contribution in [0, 0.1) is 0 Å². The zero-order chi connectivity index (χ0) is 17.5. The van der Waals surface area contributed by atoms with Gasteiger partial charge >= 0.3 is 0 Å². The molecule has 0 aromatic heterocycles. The number of hydrogen-bond donors (Lipinski definition) is 1. The lowest BCUT2D eigenvalue weighted by atomic mass is 10.0. The molecule has 1 aliphatic rings. The Kier molecular flexibility index (Phi) is 6.17. The molecule has 5 heteroatoms. The lowest BCUT2D eigenvalue weighted by Gasteiger charge is -2.28. The third-order valence-electron chi connectivity index (χ3n) is 4.17. The van der Waals surface area contributed by atoms with Crippen LogP contribution in [0.25, 0.3) is 0 Å². The molecule has 25 heavy (non-hydrogen) atoms. The van der Waals surface area contributed by atoms with Gasteiger partial charge in [-0.1, -0.05) is 30.3 Å². The maximum Gasteiger partial charge on any atom is 0.193 e. The Morgan fingerprint density at radius 2 is 1.68 bits per heavy atom. The van der Waals surface area contributed by atoms with E-state index in [1.165, 1.54) is 0 Å². The van der Waals surface area contributed by atoms with Gasteiger partial charge in [-0.05, 0) is 24.3 Å². The number of nitrogens with zero attached hydrogens (tertiary/aromatic N) is 1. The van der Waals surface area contributed by atoms with Gasteiger partial charge in [0, 0.05) is 30.8 Å². The van der Waals surface area contributed by atoms with E-state index in [1.807, 2.05) is 18.2 Å². The second kappa shape index (κ2) is 8.76. The quantitative estimate of drug-likeness (QED) is 0.781. The van der Waals surface area contributed by atoms with E-state index < -0.39 is 6.10 Å². The van der Waals surface area contributed by atoms with Crippen LogP contribution in [0.3, 0.4) is 0 Å². The number of aliphatic hydroxyl groups excluding tert-OH is 1. The van der Waals surface area contributed by atoms with Crippen molar-refractivity contribution in [3.05, 3.63) is 65.7 Å². The smallest absolute Gasteiger partial charge is 0.193 e. The molecule has 132 valence electrons. The van der Waals surface area contributed by atoms with Gasteiger partial charge in [0.05, 0.1) is 13.2 Å². The number of aliphatic hydroxyl groups is 1. The van der Waals surface area contributed by atoms with Crippen molar-refractivity contribution in [2.24, 2.45) is 0 Å². The van der Waals surface area contributed by atoms with Gasteiger partial charge in [-0.15, -0.1) is 0 Å². The first-order chi connectivity index (χ1) is 12.2. The van der Waals surface area contributed by atoms with Crippen LogP contribution in [0.4, 0.5) is 0 Å². The average Bonchev–Trinajstić information content (AvgIpc) is 2.68. The first-order valence-electron chi connectivity index (χ1n) is 8.53. The van der Waals surface area contributed by atoms with E-state index in [4.69, 9.17) is 9.47 Å². The number of rotatable bonds is 7. The van der Waals surface area contributed by atoms with Crippen molar-refractivity contribution < 1.29 is 19.4 Å². The van der Waals surface area contributed by atoms with Crippen LogP contribution >= 0.6 is 0 Å². The molecule has 1 aliphatic heterocycles. The molecule has 0 bridgehead atoms. The molecule has 0 radical (unpaired) electrons. The molecule has 2 aromatic rings. The highest BCUT2D eigenvalue weighted by atomic mass is 16.5. The van der Waals surface area contributed by atoms with Crippen LogP contribution in [0.1, 0.15) is 15.9 Å². The van der Waals surface area contributed by atoms with E-state index >= 15 is 0 Å². The summed E-state index contributed by atoms with van der Waals surface area (Å²) in [7, 11) is 0. The maximum absolute atomic E-state index is 12.3. The Labute approximate surface area is 147 Å². The summed E-state index contributed by atoms with van der Waals surface area (Å²) in [6.45, 7) is 3.91. The molecule has 1 N–H and O–H groups in total. The van der Waals surface area contributed by atoms with Crippen molar-refractivity contribution in [3.8, 4) is 5.75 Å². The fourth-order valence-corrected chi connectivity index (χ4v) is 2.79. The molecular weight excluding hydrogens is 318 g/mol. The summed E-state index contributed by atoms with van der Waals surface area (Å²) in [6.07, 6.45) is -0.552. The number of morpholine rings is 1. The van der Waals surface area contributed by atoms with Crippen molar-refractivity contribution in [1.82, 2.24) is 4.90 Å². The van der Waals surface area contributed by atoms with Gasteiger partial charge in [-0.25, -0.2) is 0 Å². The average molecular weight is 341 g/mol. The number of hydrogen-bond acceptors (Lipinski definition) is 5. The Hall–Kier alpha value is -2.21. The largest absolute Gasteiger partial charge is 0.491 e. The molecule has 0 aliphatic carbocycles. The minimum Gasteiger partial charge on any atom is -0.491 e. The first-order valence-corrected chi connectivity index (χ1v) is 8.53. The Morgan fingerprint density at radius 3 is 2.36 bits per heavy atom. The van der Waals surface area contributed by atoms with Crippen LogP contribution in [0.15, 0.2) is 54.6 Å². The van der Waals surface area contributed by atoms with Crippen molar-refractivity contribution in [2.45, 2.75) is 6.10 Å². The van der Waals surface area contributed by atoms with Gasteiger partial charge in [-0.3, -0.25) is 9.69 Å². The van der Waals surface area contributed by atoms with Crippen LogP contribution in [-0.4, -0.2) is 61.3 Å². The highest BCUT2D eigenvalue weighted by Crippen LogP contribution is 2.16. The highest BCUT2D eigenvalue weighted by Gasteiger charge is 2.15. The Morgan fingerprint density at radius 1 is 1.04 bits per heavy atom. The topological polar surface area (TPSA) is 59.0 Å². The third kappa shape index (κ3) is 5.13. The SMILES string of the molecule is O=C(c1ccccc1)c1ccc(OC[C@@H](O)CN2CCOCC2)cc1. The summed E-state index contributed by atoms with van der Waals surface area (Å²) in [5.41, 5.74) is 1.28. The fraction of sp³-hybridized carbons (Fsp3) is 0.350. The van der Waals surface area contributed by atoms with Crippen LogP contribution in [0.5, 0.6) is 5.75 Å². The number of carbonyl (C=O) groups excluding carboxylic acids is 1. The van der Waals surface area contributed by atoms with Gasteiger partial charge in [0.15, 0.2) is 5.78 Å². The molecule has 1 saturated heterocycles. The van der Waals surface area contributed by atoms with Crippen molar-refractivity contribution in [3.63, 3.8) is 0 Å². The molecule has 0 amide bonds. The summed E-state index contributed by atoms with van der Waals surface area (Å²) in [6, 6.07) is 16.2. The molecule has 0 unspecified atom stereocenters. The van der Waals surface area contributed by atoms with Crippen LogP contribution in [0.2, 0.25) is 0 Å². The molecule has 2 aromatic carbocycles. The standard InChI is InChI=1S/C20H23NO4/c22-18(14-21-10-12-24-13-11-21)15-25-19-8-6-17(7-9-19)20(23)16-4-2-1-3-5-16/h1-9,18,22H,10-15H2/t18-/m0/s1. The number of ketones is 1. The van der Waals surface area contributed by atoms with E-state index in [-0.39, 0.29) is 12.4 Å². The summed E-state index contributed by atoms with van der Waals surface area (Å²) in [5, 5.41) is 10.1. The van der Waals surface area contributed by atoms with Gasteiger partial charge in [0.1, 0.15) is 18.5 Å². The Bertz CT molecular complexity index is 666. The van der Waals surface area contributed by atoms with Crippen molar-refractivity contribution >= 4 is 5.78 Å². The predicted octanol–water partition coefficient (Wildman–Crippen LogP) is 1.99. The highest BCUT2D eigenvalue weighted by molar-refractivity contribution is 6.08. The second-order valence-electron chi connectivity index (χ2n) is 6.10. The zero-order valence-electron chi connectivity index (χ0n) is 14.1. The van der Waals surface area contributed by atoms with Gasteiger partial charge in [-0.2, -0.15) is 0 Å². The minimum absolute atomic E-state index is 0.0143. The lowest BCUT2D eigenvalue weighted by Crippen LogP contribution is -2.42. The number of ether oxygens (including phenoxy) is 2. The van der Waals surface area contributed by atoms with Gasteiger partial charge in [0.25, 0.3) is 0 Å². The number of carbonyl (C=O) groups is 1. The molecular formula is C20H23NO4. The monoisotopic (exact) mass is 341 g/mol. The maximum atomic E-state index is 12.3. The zero-order valence-corrected chi connectivity index (χ0v) is 14.1. The van der Waals surface area contributed by atoms with E-state index in [9.17, 15) is 9.90 Å². The molecule has 1 atom stereocenters. The summed E-state index contributed by atoms with van der Waals surface area (Å²) in [5.74, 6) is 0.630. The summed E-state index contributed by atoms with van der Waals surface area (Å²) < 4.78 is 10.9. The lowest BCUT2D eigenvalue weighted by molar-refractivity contribution is 0.00465. The van der Waals surface area contributed by atoms with Gasteiger partial charge in [0.2, 0.25) is 0 Å². The minimum atomic E-state index is -0.552. The molecule has 3 rings (SSSR count). The normalized spacial score (nSPS) is 16.4. The third-order valence-corrected chi connectivity index (χ3v) is 4.17. The van der Waals surface area contributed by atoms with Crippen LogP contribution in [-0.2, 0) is 4.74 Å². The molecule has 0 saturated carbocycles. The summed E-state index contributed by atoms with van der Waals surface area (Å²) in [4.78, 5) is 14.5. The van der Waals surface area contributed by atoms with Crippen LogP contribution < -0.4 is 4.74 Å². The molecule has 0 spiro atoms. The van der Waals surface area contributed by atoms with Crippen molar-refractivity contribution in [1.29, 1.82) is 0 Å². The second-order valence-corrected chi connectivity index (χ2v) is 6.10. The molecule has 5 nitrogen and oxygen atoms in total. The molecule has 1 fully saturated rings. The predicted molar refractivity (Wildman–Crippen MR) is 95.1 cm³/mol. The summed E-state index contributed by atoms with van der Waals surface area (Å²) >= 11 is 0. The van der Waals surface area contributed by atoms with E-state index in [0.29, 0.717) is 36.6 Å². The van der Waals surface area contributed by atoms with E-state index in [0.717, 1.165) is 13.1 Å². The molecule has 1 heterocycles. The van der Waals surface area contributed by atoms with E-state index in [2.05, 4.69) is 4.90 Å². The van der Waals surface area contributed by atoms with Gasteiger partial charge < -0.3 is 14.6 Å². The van der Waals surface area contributed by atoms with Crippen molar-refractivity contribution in [2.75, 3.05) is 39.5 Å². The van der Waals surface area contributed by atoms with E-state index in [1.54, 1.807) is 36.4 Å².